The van der Waals surface area contributed by atoms with Crippen molar-refractivity contribution in [2.45, 2.75) is 13.0 Å². The minimum Gasteiger partial charge on any atom is -0.356 e. The molecule has 5 nitrogen and oxygen atoms in total. The van der Waals surface area contributed by atoms with E-state index < -0.39 is 0 Å². The number of thiazole rings is 1. The summed E-state index contributed by atoms with van der Waals surface area (Å²) in [6.07, 6.45) is 2.94. The SMILES string of the molecule is CN=C(NCCc1csc(-c2ccccc2)n1)N(C)Cc1cccn1C.I. The molecule has 3 aromatic rings. The van der Waals surface area contributed by atoms with Gasteiger partial charge in [-0.15, -0.1) is 35.3 Å². The fourth-order valence-electron chi connectivity index (χ4n) is 2.80. The van der Waals surface area contributed by atoms with Gasteiger partial charge < -0.3 is 14.8 Å². The second kappa shape index (κ2) is 10.5. The summed E-state index contributed by atoms with van der Waals surface area (Å²) in [5.74, 6) is 0.893. The molecule has 2 aromatic heterocycles. The molecule has 1 N–H and O–H groups in total. The van der Waals surface area contributed by atoms with Crippen LogP contribution in [-0.4, -0.2) is 41.1 Å². The summed E-state index contributed by atoms with van der Waals surface area (Å²) >= 11 is 1.70. The van der Waals surface area contributed by atoms with E-state index in [0.29, 0.717) is 0 Å². The molecule has 0 amide bonds. The van der Waals surface area contributed by atoms with Crippen molar-refractivity contribution in [3.63, 3.8) is 0 Å². The summed E-state index contributed by atoms with van der Waals surface area (Å²) < 4.78 is 2.13. The average Bonchev–Trinajstić information content (AvgIpc) is 3.29. The number of aliphatic imine (C=N–C) groups is 1. The van der Waals surface area contributed by atoms with Crippen LogP contribution in [0.1, 0.15) is 11.4 Å². The number of nitrogens with one attached hydrogen (secondary N) is 1. The normalized spacial score (nSPS) is 11.1. The second-order valence-electron chi connectivity index (χ2n) is 6.20. The maximum Gasteiger partial charge on any atom is 0.193 e. The Morgan fingerprint density at radius 1 is 1.22 bits per heavy atom. The lowest BCUT2D eigenvalue weighted by atomic mass is 10.2. The van der Waals surface area contributed by atoms with Crippen LogP contribution in [0.3, 0.4) is 0 Å². The van der Waals surface area contributed by atoms with E-state index in [1.54, 1.807) is 11.3 Å². The van der Waals surface area contributed by atoms with Gasteiger partial charge in [0, 0.05) is 56.9 Å². The van der Waals surface area contributed by atoms with Crippen LogP contribution >= 0.6 is 35.3 Å². The molecule has 0 atom stereocenters. The molecule has 0 unspecified atom stereocenters. The Morgan fingerprint density at radius 2 is 2.00 bits per heavy atom. The summed E-state index contributed by atoms with van der Waals surface area (Å²) in [5, 5.41) is 6.64. The predicted octanol–water partition coefficient (Wildman–Crippen LogP) is 4.02. The van der Waals surface area contributed by atoms with E-state index >= 15 is 0 Å². The molecule has 0 saturated heterocycles. The zero-order valence-electron chi connectivity index (χ0n) is 15.9. The number of aromatic nitrogens is 2. The number of rotatable bonds is 6. The Hall–Kier alpha value is -1.87. The minimum atomic E-state index is 0. The lowest BCUT2D eigenvalue weighted by Gasteiger charge is -2.22. The van der Waals surface area contributed by atoms with Crippen molar-refractivity contribution in [3.05, 3.63) is 65.4 Å². The fourth-order valence-corrected chi connectivity index (χ4v) is 3.66. The van der Waals surface area contributed by atoms with Crippen molar-refractivity contribution < 1.29 is 0 Å². The fraction of sp³-hybridized carbons (Fsp3) is 0.300. The summed E-state index contributed by atoms with van der Waals surface area (Å²) in [6, 6.07) is 14.5. The van der Waals surface area contributed by atoms with E-state index in [1.807, 2.05) is 25.2 Å². The van der Waals surface area contributed by atoms with Crippen LogP contribution in [0.15, 0.2) is 59.0 Å². The van der Waals surface area contributed by atoms with Gasteiger partial charge in [-0.05, 0) is 12.1 Å². The van der Waals surface area contributed by atoms with E-state index in [-0.39, 0.29) is 24.0 Å². The molecule has 0 spiro atoms. The van der Waals surface area contributed by atoms with Crippen LogP contribution in [0.4, 0.5) is 0 Å². The molecule has 0 aliphatic rings. The lowest BCUT2D eigenvalue weighted by Crippen LogP contribution is -2.39. The zero-order chi connectivity index (χ0) is 18.4. The second-order valence-corrected chi connectivity index (χ2v) is 7.06. The summed E-state index contributed by atoms with van der Waals surface area (Å²) in [5.41, 5.74) is 3.54. The van der Waals surface area contributed by atoms with E-state index in [2.05, 4.69) is 69.7 Å². The first-order valence-electron chi connectivity index (χ1n) is 8.69. The van der Waals surface area contributed by atoms with Gasteiger partial charge in [0.15, 0.2) is 5.96 Å². The molecule has 27 heavy (non-hydrogen) atoms. The summed E-state index contributed by atoms with van der Waals surface area (Å²) in [7, 11) is 5.94. The first-order chi connectivity index (χ1) is 12.7. The highest BCUT2D eigenvalue weighted by molar-refractivity contribution is 14.0. The summed E-state index contributed by atoms with van der Waals surface area (Å²) in [6.45, 7) is 1.63. The zero-order valence-corrected chi connectivity index (χ0v) is 19.1. The number of halogens is 1. The van der Waals surface area contributed by atoms with Crippen LogP contribution in [0.25, 0.3) is 10.6 Å². The minimum absolute atomic E-state index is 0. The molecule has 3 rings (SSSR count). The van der Waals surface area contributed by atoms with Gasteiger partial charge in [0.05, 0.1) is 12.2 Å². The van der Waals surface area contributed by atoms with Gasteiger partial charge in [0.2, 0.25) is 0 Å². The maximum atomic E-state index is 4.74. The molecule has 0 aliphatic carbocycles. The number of hydrogen-bond acceptors (Lipinski definition) is 3. The van der Waals surface area contributed by atoms with Crippen molar-refractivity contribution in [1.82, 2.24) is 19.8 Å². The largest absolute Gasteiger partial charge is 0.356 e. The van der Waals surface area contributed by atoms with E-state index in [1.165, 1.54) is 11.3 Å². The molecule has 2 heterocycles. The van der Waals surface area contributed by atoms with E-state index in [4.69, 9.17) is 4.98 Å². The van der Waals surface area contributed by atoms with Gasteiger partial charge in [0.25, 0.3) is 0 Å². The van der Waals surface area contributed by atoms with Gasteiger partial charge in [-0.2, -0.15) is 0 Å². The van der Waals surface area contributed by atoms with Crippen LogP contribution in [0.5, 0.6) is 0 Å². The highest BCUT2D eigenvalue weighted by atomic mass is 127. The number of nitrogens with zero attached hydrogens (tertiary/aromatic N) is 4. The Morgan fingerprint density at radius 3 is 2.67 bits per heavy atom. The lowest BCUT2D eigenvalue weighted by molar-refractivity contribution is 0.462. The van der Waals surface area contributed by atoms with E-state index in [9.17, 15) is 0 Å². The molecular formula is C20H26IN5S. The molecule has 7 heteroatoms. The molecule has 0 fully saturated rings. The Labute approximate surface area is 182 Å². The first-order valence-corrected chi connectivity index (χ1v) is 9.57. The third-order valence-electron chi connectivity index (χ3n) is 4.26. The molecule has 0 saturated carbocycles. The third-order valence-corrected chi connectivity index (χ3v) is 5.20. The monoisotopic (exact) mass is 495 g/mol. The van der Waals surface area contributed by atoms with Crippen LogP contribution < -0.4 is 5.32 Å². The predicted molar refractivity (Wildman–Crippen MR) is 125 cm³/mol. The molecule has 0 aliphatic heterocycles. The molecule has 0 radical (unpaired) electrons. The van der Waals surface area contributed by atoms with Crippen LogP contribution in [0.2, 0.25) is 0 Å². The van der Waals surface area contributed by atoms with Crippen molar-refractivity contribution in [2.24, 2.45) is 12.0 Å². The topological polar surface area (TPSA) is 45.5 Å². The number of benzene rings is 1. The van der Waals surface area contributed by atoms with Crippen molar-refractivity contribution in [3.8, 4) is 10.6 Å². The van der Waals surface area contributed by atoms with Crippen LogP contribution in [-0.2, 0) is 20.0 Å². The standard InChI is InChI=1S/C20H25N5S.HI/c1-21-20(25(3)14-18-10-7-13-24(18)2)22-12-11-17-15-26-19(23-17)16-8-5-4-6-9-16;/h4-10,13,15H,11-12,14H2,1-3H3,(H,21,22);1H. The first kappa shape index (κ1) is 21.4. The number of guanidine groups is 1. The van der Waals surface area contributed by atoms with Gasteiger partial charge >= 0.3 is 0 Å². The Bertz CT molecular complexity index is 856. The maximum absolute atomic E-state index is 4.74. The average molecular weight is 495 g/mol. The van der Waals surface area contributed by atoms with E-state index in [0.717, 1.165) is 36.2 Å². The van der Waals surface area contributed by atoms with Gasteiger partial charge in [-0.25, -0.2) is 4.98 Å². The molecular weight excluding hydrogens is 469 g/mol. The Kier molecular flexibility index (Phi) is 8.30. The van der Waals surface area contributed by atoms with Crippen molar-refractivity contribution in [1.29, 1.82) is 0 Å². The van der Waals surface area contributed by atoms with Crippen LogP contribution in [0, 0.1) is 0 Å². The van der Waals surface area contributed by atoms with Gasteiger partial charge in [0.1, 0.15) is 5.01 Å². The van der Waals surface area contributed by atoms with Crippen molar-refractivity contribution in [2.75, 3.05) is 20.6 Å². The number of hydrogen-bond donors (Lipinski definition) is 1. The van der Waals surface area contributed by atoms with Gasteiger partial charge in [-0.3, -0.25) is 4.99 Å². The molecule has 144 valence electrons. The highest BCUT2D eigenvalue weighted by Gasteiger charge is 2.09. The quantitative estimate of drug-likeness (QED) is 0.319. The smallest absolute Gasteiger partial charge is 0.193 e. The Balaban J connectivity index is 0.00000261. The summed E-state index contributed by atoms with van der Waals surface area (Å²) in [4.78, 5) is 11.3. The molecule has 1 aromatic carbocycles. The third kappa shape index (κ3) is 5.80. The van der Waals surface area contributed by atoms with Crippen molar-refractivity contribution >= 4 is 41.3 Å². The van der Waals surface area contributed by atoms with Gasteiger partial charge in [-0.1, -0.05) is 30.3 Å². The molecule has 0 bridgehead atoms. The number of aryl methyl sites for hydroxylation is 1. The highest BCUT2D eigenvalue weighted by Crippen LogP contribution is 2.23.